The molecule has 1 aliphatic carbocycles. The minimum Gasteiger partial charge on any atom is -0.494 e. The molecule has 37 heavy (non-hydrogen) atoms. The van der Waals surface area contributed by atoms with Crippen molar-refractivity contribution >= 4 is 17.5 Å². The Bertz CT molecular complexity index is 1040. The van der Waals surface area contributed by atoms with Crippen LogP contribution >= 0.6 is 0 Å². The summed E-state index contributed by atoms with van der Waals surface area (Å²) in [7, 11) is 0. The standard InChI is InChI=1S/C31H42N2O4/c1-3-5-8-20-36-27-14-11-24(12-15-27)30(34)32-26-13-16-28(29(21-26)37-19-4-2)31(35)33-18-17-23-9-6-7-10-25(23)22-33/h11-16,21,23,25H,3-10,17-20,22H2,1-2H3,(H,32,34)/t23-,25+/m1/s1. The number of benzene rings is 2. The van der Waals surface area contributed by atoms with E-state index in [9.17, 15) is 9.59 Å². The van der Waals surface area contributed by atoms with Crippen molar-refractivity contribution in [2.24, 2.45) is 11.8 Å². The van der Waals surface area contributed by atoms with Crippen LogP contribution in [0.5, 0.6) is 11.5 Å². The van der Waals surface area contributed by atoms with Crippen molar-refractivity contribution in [1.29, 1.82) is 0 Å². The average molecular weight is 507 g/mol. The first-order valence-corrected chi connectivity index (χ1v) is 14.2. The third-order valence-corrected chi connectivity index (χ3v) is 7.64. The summed E-state index contributed by atoms with van der Waals surface area (Å²) in [6, 6.07) is 12.6. The number of anilines is 1. The molecule has 2 amide bonds. The maximum Gasteiger partial charge on any atom is 0.257 e. The molecule has 1 aliphatic heterocycles. The average Bonchev–Trinajstić information content (AvgIpc) is 2.94. The van der Waals surface area contributed by atoms with E-state index in [1.165, 1.54) is 25.7 Å². The number of hydrogen-bond acceptors (Lipinski definition) is 4. The topological polar surface area (TPSA) is 67.9 Å². The quantitative estimate of drug-likeness (QED) is 0.335. The summed E-state index contributed by atoms with van der Waals surface area (Å²) in [5.41, 5.74) is 1.73. The maximum absolute atomic E-state index is 13.5. The summed E-state index contributed by atoms with van der Waals surface area (Å²) in [4.78, 5) is 28.4. The largest absolute Gasteiger partial charge is 0.494 e. The molecule has 2 atom stereocenters. The van der Waals surface area contributed by atoms with Gasteiger partial charge >= 0.3 is 0 Å². The first kappa shape index (κ1) is 27.0. The highest BCUT2D eigenvalue weighted by Crippen LogP contribution is 2.37. The Morgan fingerprint density at radius 1 is 0.892 bits per heavy atom. The first-order chi connectivity index (χ1) is 18.1. The Morgan fingerprint density at radius 2 is 1.68 bits per heavy atom. The zero-order valence-electron chi connectivity index (χ0n) is 22.5. The number of ether oxygens (including phenoxy) is 2. The normalized spacial score (nSPS) is 19.1. The molecule has 1 N–H and O–H groups in total. The second-order valence-corrected chi connectivity index (χ2v) is 10.4. The van der Waals surface area contributed by atoms with Gasteiger partial charge in [-0.1, -0.05) is 46.0 Å². The van der Waals surface area contributed by atoms with Crippen LogP contribution in [0.15, 0.2) is 42.5 Å². The lowest BCUT2D eigenvalue weighted by Crippen LogP contribution is -2.44. The van der Waals surface area contributed by atoms with E-state index < -0.39 is 0 Å². The Morgan fingerprint density at radius 3 is 2.43 bits per heavy atom. The number of likely N-dealkylation sites (tertiary alicyclic amines) is 1. The lowest BCUT2D eigenvalue weighted by atomic mass is 9.75. The van der Waals surface area contributed by atoms with E-state index in [0.29, 0.717) is 41.7 Å². The van der Waals surface area contributed by atoms with E-state index in [4.69, 9.17) is 9.47 Å². The summed E-state index contributed by atoms with van der Waals surface area (Å²) in [6.45, 7) is 7.05. The molecule has 0 spiro atoms. The highest BCUT2D eigenvalue weighted by molar-refractivity contribution is 6.05. The van der Waals surface area contributed by atoms with Gasteiger partial charge in [-0.25, -0.2) is 0 Å². The van der Waals surface area contributed by atoms with Crippen molar-refractivity contribution in [1.82, 2.24) is 4.90 Å². The van der Waals surface area contributed by atoms with Gasteiger partial charge in [0.15, 0.2) is 0 Å². The van der Waals surface area contributed by atoms with Crippen molar-refractivity contribution in [2.45, 2.75) is 71.6 Å². The zero-order valence-corrected chi connectivity index (χ0v) is 22.5. The van der Waals surface area contributed by atoms with Crippen LogP contribution < -0.4 is 14.8 Å². The van der Waals surface area contributed by atoms with Gasteiger partial charge in [-0.15, -0.1) is 0 Å². The molecule has 0 unspecified atom stereocenters. The highest BCUT2D eigenvalue weighted by atomic mass is 16.5. The van der Waals surface area contributed by atoms with E-state index in [-0.39, 0.29) is 11.8 Å². The molecule has 2 aromatic rings. The van der Waals surface area contributed by atoms with E-state index in [2.05, 4.69) is 12.2 Å². The van der Waals surface area contributed by atoms with Crippen LogP contribution in [0.4, 0.5) is 5.69 Å². The number of hydrogen-bond donors (Lipinski definition) is 1. The maximum atomic E-state index is 13.5. The molecule has 1 heterocycles. The molecule has 200 valence electrons. The highest BCUT2D eigenvalue weighted by Gasteiger charge is 2.34. The molecule has 0 radical (unpaired) electrons. The molecule has 1 saturated carbocycles. The summed E-state index contributed by atoms with van der Waals surface area (Å²) >= 11 is 0. The molecule has 0 bridgehead atoms. The van der Waals surface area contributed by atoms with Crippen molar-refractivity contribution in [2.75, 3.05) is 31.6 Å². The van der Waals surface area contributed by atoms with Gasteiger partial charge in [0.05, 0.1) is 18.8 Å². The van der Waals surface area contributed by atoms with E-state index >= 15 is 0 Å². The van der Waals surface area contributed by atoms with Crippen LogP contribution in [0, 0.1) is 11.8 Å². The fraction of sp³-hybridized carbons (Fsp3) is 0.548. The molecule has 2 aromatic carbocycles. The van der Waals surface area contributed by atoms with Gasteiger partial charge in [-0.3, -0.25) is 9.59 Å². The van der Waals surface area contributed by atoms with Gasteiger partial charge in [0.2, 0.25) is 0 Å². The Labute approximate surface area is 221 Å². The summed E-state index contributed by atoms with van der Waals surface area (Å²) in [5.74, 6) is 2.51. The SMILES string of the molecule is CCCCCOc1ccc(C(=O)Nc2ccc(C(=O)N3CC[C@H]4CCCC[C@H]4C3)c(OCCC)c2)cc1. The summed E-state index contributed by atoms with van der Waals surface area (Å²) in [5, 5.41) is 2.95. The molecular weight excluding hydrogens is 464 g/mol. The third kappa shape index (κ3) is 7.27. The van der Waals surface area contributed by atoms with Crippen LogP contribution in [-0.2, 0) is 0 Å². The number of amides is 2. The van der Waals surface area contributed by atoms with Gasteiger partial charge in [-0.2, -0.15) is 0 Å². The lowest BCUT2D eigenvalue weighted by Gasteiger charge is -2.41. The number of unbranched alkanes of at least 4 members (excludes halogenated alkanes) is 2. The predicted molar refractivity (Wildman–Crippen MR) is 148 cm³/mol. The number of fused-ring (bicyclic) bond motifs is 1. The van der Waals surface area contributed by atoms with Gasteiger partial charge < -0.3 is 19.7 Å². The molecule has 6 heteroatoms. The molecule has 1 saturated heterocycles. The number of nitrogens with one attached hydrogen (secondary N) is 1. The van der Waals surface area contributed by atoms with Crippen LogP contribution in [0.1, 0.15) is 92.4 Å². The number of carbonyl (C=O) groups excluding carboxylic acids is 2. The molecule has 6 nitrogen and oxygen atoms in total. The van der Waals surface area contributed by atoms with Gasteiger partial charge in [-0.05, 0) is 73.9 Å². The van der Waals surface area contributed by atoms with Crippen molar-refractivity contribution < 1.29 is 19.1 Å². The number of carbonyl (C=O) groups is 2. The Hall–Kier alpha value is -3.02. The minimum absolute atomic E-state index is 0.0301. The van der Waals surface area contributed by atoms with Crippen LogP contribution in [0.2, 0.25) is 0 Å². The third-order valence-electron chi connectivity index (χ3n) is 7.64. The molecule has 4 rings (SSSR count). The van der Waals surface area contributed by atoms with E-state index in [1.54, 1.807) is 30.3 Å². The van der Waals surface area contributed by atoms with Gasteiger partial charge in [0.25, 0.3) is 11.8 Å². The molecule has 2 fully saturated rings. The van der Waals surface area contributed by atoms with E-state index in [1.807, 2.05) is 24.0 Å². The first-order valence-electron chi connectivity index (χ1n) is 14.2. The van der Waals surface area contributed by atoms with Crippen LogP contribution in [0.25, 0.3) is 0 Å². The van der Waals surface area contributed by atoms with Gasteiger partial charge in [0.1, 0.15) is 11.5 Å². The molecular formula is C31H42N2O4. The van der Waals surface area contributed by atoms with E-state index in [0.717, 1.165) is 56.9 Å². The molecule has 0 aromatic heterocycles. The summed E-state index contributed by atoms with van der Waals surface area (Å²) in [6.07, 6.45) is 10.4. The number of nitrogens with zero attached hydrogens (tertiary/aromatic N) is 1. The van der Waals surface area contributed by atoms with Crippen LogP contribution in [-0.4, -0.2) is 43.0 Å². The number of rotatable bonds is 11. The Kier molecular flexibility index (Phi) is 9.86. The summed E-state index contributed by atoms with van der Waals surface area (Å²) < 4.78 is 11.7. The van der Waals surface area contributed by atoms with Gasteiger partial charge in [0, 0.05) is 30.4 Å². The zero-order chi connectivity index (χ0) is 26.0. The second kappa shape index (κ2) is 13.5. The smallest absolute Gasteiger partial charge is 0.257 e. The lowest BCUT2D eigenvalue weighted by molar-refractivity contribution is 0.0517. The number of piperidine rings is 1. The predicted octanol–water partition coefficient (Wildman–Crippen LogP) is 6.95. The van der Waals surface area contributed by atoms with Crippen molar-refractivity contribution in [3.63, 3.8) is 0 Å². The Balaban J connectivity index is 1.41. The van der Waals surface area contributed by atoms with Crippen LogP contribution in [0.3, 0.4) is 0 Å². The second-order valence-electron chi connectivity index (χ2n) is 10.4. The van der Waals surface area contributed by atoms with Crippen molar-refractivity contribution in [3.8, 4) is 11.5 Å². The van der Waals surface area contributed by atoms with Crippen molar-refractivity contribution in [3.05, 3.63) is 53.6 Å². The monoisotopic (exact) mass is 506 g/mol. The fourth-order valence-corrected chi connectivity index (χ4v) is 5.51. The minimum atomic E-state index is -0.211. The fourth-order valence-electron chi connectivity index (χ4n) is 5.51. The molecule has 2 aliphatic rings.